The number of Topliss-reactive ketones (excluding diaryl/α,β-unsaturated/α-hetero) is 1. The van der Waals surface area contributed by atoms with Gasteiger partial charge in [-0.05, 0) is 105 Å². The molecule has 2 bridgehead atoms. The van der Waals surface area contributed by atoms with Crippen LogP contribution in [0.3, 0.4) is 0 Å². The predicted octanol–water partition coefficient (Wildman–Crippen LogP) is 7.47. The Hall–Kier alpha value is -5.12. The Morgan fingerprint density at radius 2 is 1.59 bits per heavy atom. The van der Waals surface area contributed by atoms with Crippen molar-refractivity contribution in [2.75, 3.05) is 13.7 Å². The molecule has 15 nitrogen and oxygen atoms in total. The minimum Gasteiger partial charge on any atom is -0.456 e. The Labute approximate surface area is 402 Å². The number of fused-ring (bicyclic) bond motifs is 4. The molecule has 1 spiro atoms. The van der Waals surface area contributed by atoms with Gasteiger partial charge in [0.15, 0.2) is 23.6 Å². The van der Waals surface area contributed by atoms with Gasteiger partial charge in [-0.2, -0.15) is 0 Å². The maximum atomic E-state index is 15.8. The maximum Gasteiger partial charge on any atom is 0.408 e. The van der Waals surface area contributed by atoms with Gasteiger partial charge in [-0.15, -0.1) is 0 Å². The summed E-state index contributed by atoms with van der Waals surface area (Å²) in [5, 5.41) is 14.9. The highest BCUT2D eigenvalue weighted by molar-refractivity contribution is 5.97. The van der Waals surface area contributed by atoms with Crippen LogP contribution in [0.1, 0.15) is 136 Å². The summed E-state index contributed by atoms with van der Waals surface area (Å²) in [6.45, 7) is 21.6. The average Bonchev–Trinajstić information content (AvgIpc) is 4.00. The van der Waals surface area contributed by atoms with E-state index in [-0.39, 0.29) is 47.6 Å². The van der Waals surface area contributed by atoms with E-state index < -0.39 is 111 Å². The monoisotopic (exact) mass is 945 g/mol. The second kappa shape index (κ2) is 17.7. The summed E-state index contributed by atoms with van der Waals surface area (Å²) >= 11 is 0. The summed E-state index contributed by atoms with van der Waals surface area (Å²) in [4.78, 5) is 85.9. The Morgan fingerprint density at radius 1 is 0.926 bits per heavy atom. The highest BCUT2D eigenvalue weighted by Crippen LogP contribution is 2.75. The quantitative estimate of drug-likeness (QED) is 0.121. The Balaban J connectivity index is 1.42. The number of amides is 1. The lowest BCUT2D eigenvalue weighted by Gasteiger charge is -2.65. The minimum atomic E-state index is -3.64. The van der Waals surface area contributed by atoms with Crippen molar-refractivity contribution in [2.24, 2.45) is 28.1 Å². The fourth-order valence-corrected chi connectivity index (χ4v) is 11.9. The van der Waals surface area contributed by atoms with E-state index in [4.69, 9.17) is 33.2 Å². The summed E-state index contributed by atoms with van der Waals surface area (Å²) < 4.78 is 63.6. The molecule has 5 aliphatic rings. The number of ether oxygens (including phenoxy) is 7. The van der Waals surface area contributed by atoms with Crippen LogP contribution < -0.4 is 5.32 Å². The average molecular weight is 946 g/mol. The Morgan fingerprint density at radius 3 is 2.15 bits per heavy atom. The van der Waals surface area contributed by atoms with Gasteiger partial charge in [-0.25, -0.2) is 14.4 Å². The van der Waals surface area contributed by atoms with E-state index in [0.29, 0.717) is 24.0 Å². The second-order valence-corrected chi connectivity index (χ2v) is 21.2. The zero-order valence-corrected chi connectivity index (χ0v) is 41.8. The van der Waals surface area contributed by atoms with Gasteiger partial charge in [0.2, 0.25) is 0 Å². The molecule has 370 valence electrons. The molecule has 4 aliphatic carbocycles. The number of carbonyl (C=O) groups is 6. The van der Waals surface area contributed by atoms with Crippen LogP contribution in [0.4, 0.5) is 4.79 Å². The number of benzene rings is 2. The molecular formula is C53H69NO14. The van der Waals surface area contributed by atoms with E-state index in [1.165, 1.54) is 20.1 Å². The summed E-state index contributed by atoms with van der Waals surface area (Å²) in [5.74, 6) is -6.07. The van der Waals surface area contributed by atoms with Crippen LogP contribution in [0, 0.1) is 48.9 Å². The van der Waals surface area contributed by atoms with Crippen LogP contribution in [0.15, 0.2) is 53.6 Å². The molecular weight excluding hydrogens is 875 g/mol. The molecule has 0 radical (unpaired) electrons. The van der Waals surface area contributed by atoms with E-state index >= 15 is 9.59 Å². The molecule has 68 heavy (non-hydrogen) atoms. The van der Waals surface area contributed by atoms with Crippen LogP contribution in [-0.4, -0.2) is 102 Å². The lowest BCUT2D eigenvalue weighted by atomic mass is 9.48. The highest BCUT2D eigenvalue weighted by atomic mass is 16.6. The molecule has 7 rings (SSSR count). The van der Waals surface area contributed by atoms with Crippen LogP contribution in [-0.2, 0) is 52.3 Å². The number of nitrogens with one attached hydrogen (secondary N) is 1. The van der Waals surface area contributed by atoms with Crippen LogP contribution in [0.25, 0.3) is 0 Å². The van der Waals surface area contributed by atoms with Crippen molar-refractivity contribution in [1.82, 2.24) is 5.32 Å². The number of methoxy groups -OCH3 is 1. The molecule has 2 aromatic carbocycles. The Kier molecular flexibility index (Phi) is 12.5. The van der Waals surface area contributed by atoms with Crippen molar-refractivity contribution in [3.8, 4) is 0 Å². The Bertz CT molecular complexity index is 2540. The number of aliphatic hydroxyl groups is 1. The van der Waals surface area contributed by atoms with Gasteiger partial charge in [0.05, 0.1) is 26.8 Å². The summed E-state index contributed by atoms with van der Waals surface area (Å²) in [6.07, 6.45) is -9.67. The van der Waals surface area contributed by atoms with Crippen molar-refractivity contribution < 1.29 is 69.8 Å². The largest absolute Gasteiger partial charge is 0.456 e. The van der Waals surface area contributed by atoms with Gasteiger partial charge < -0.3 is 43.6 Å². The van der Waals surface area contributed by atoms with Crippen molar-refractivity contribution in [3.63, 3.8) is 0 Å². The van der Waals surface area contributed by atoms with Crippen molar-refractivity contribution in [1.29, 1.82) is 0 Å². The fourth-order valence-electron chi connectivity index (χ4n) is 11.9. The lowest BCUT2D eigenvalue weighted by Crippen LogP contribution is -2.78. The summed E-state index contributed by atoms with van der Waals surface area (Å²) in [7, 11) is 1.37. The third kappa shape index (κ3) is 7.93. The molecule has 2 unspecified atom stereocenters. The number of esters is 4. The first kappa shape index (κ1) is 47.9. The van der Waals surface area contributed by atoms with Gasteiger partial charge in [-0.1, -0.05) is 71.9 Å². The van der Waals surface area contributed by atoms with Gasteiger partial charge >= 0.3 is 30.0 Å². The van der Waals surface area contributed by atoms with Gasteiger partial charge in [0.1, 0.15) is 29.5 Å². The first-order valence-corrected chi connectivity index (χ1v) is 23.4. The van der Waals surface area contributed by atoms with E-state index in [2.05, 4.69) is 5.32 Å². The van der Waals surface area contributed by atoms with Crippen LogP contribution >= 0.6 is 0 Å². The van der Waals surface area contributed by atoms with Crippen LogP contribution in [0.2, 0.25) is 0 Å². The molecule has 12 atom stereocenters. The SMILES string of the molecule is [2H][C@](O)(C(=O)O[C@H]1CC2(OC)[C@@H](OC(=O)c3ccccc3)[C@@H]3[C@]4(OC(C)=O)CO[C@@H]4C[C@@H]4C[C@@]43C(=O)[C@H](OC(C)=O)C(=C1C)C2(C)C)[C@@]([2H])(NC(=O)OC(C)(CC)C(C)(C)C)c1ccc(C)c(C)c1C. The third-order valence-corrected chi connectivity index (χ3v) is 16.7. The molecule has 1 aliphatic heterocycles. The molecule has 0 aromatic heterocycles. The first-order chi connectivity index (χ1) is 32.4. The number of rotatable bonds is 12. The molecule has 3 saturated carbocycles. The zero-order valence-electron chi connectivity index (χ0n) is 43.8. The third-order valence-electron chi connectivity index (χ3n) is 16.7. The molecule has 15 heteroatoms. The predicted molar refractivity (Wildman–Crippen MR) is 247 cm³/mol. The number of ketones is 1. The minimum absolute atomic E-state index is 0.0997. The number of hydrogen-bond acceptors (Lipinski definition) is 14. The first-order valence-electron chi connectivity index (χ1n) is 24.4. The molecule has 2 N–H and O–H groups in total. The molecule has 2 aromatic rings. The van der Waals surface area contributed by atoms with E-state index in [0.717, 1.165) is 12.5 Å². The van der Waals surface area contributed by atoms with E-state index in [9.17, 15) is 27.0 Å². The second-order valence-electron chi connectivity index (χ2n) is 21.2. The van der Waals surface area contributed by atoms with Crippen molar-refractivity contribution in [2.45, 2.75) is 169 Å². The smallest absolute Gasteiger partial charge is 0.408 e. The highest BCUT2D eigenvalue weighted by Gasteiger charge is 2.84. The standard InChI is InChI=1S/C53H69NO14/c1-15-50(13,48(8,9)10)68-47(61)54-39(35-22-21-27(2)28(3)29(35)4)40(57)46(60)65-36-25-53(62-14)44(66-45(59)33-19-17-16-18-20-33)42-51(24-34(51)23-37-52(42,26-63-37)67-32(7)56)43(58)41(64-31(6)55)38(30(36)5)49(53,11)12/h16-22,34,36-37,39-42,44,57H,15,23-26H2,1-14H3,(H,54,61)/t34-,36+,37-,39+,40-,41-,42+,44+,50?,51-,52+,53?/m1/s1/i39D,40D. The van der Waals surface area contributed by atoms with Crippen LogP contribution in [0.5, 0.6) is 0 Å². The van der Waals surface area contributed by atoms with Crippen molar-refractivity contribution in [3.05, 3.63) is 81.4 Å². The number of carbonyl (C=O) groups excluding carboxylic acids is 6. The normalized spacial score (nSPS) is 33.2. The maximum absolute atomic E-state index is 15.8. The number of aryl methyl sites for hydroxylation is 1. The number of hydrogen-bond donors (Lipinski definition) is 2. The van der Waals surface area contributed by atoms with Gasteiger partial charge in [-0.3, -0.25) is 14.4 Å². The fraction of sp³-hybridized carbons (Fsp3) is 0.623. The van der Waals surface area contributed by atoms with Gasteiger partial charge in [0, 0.05) is 43.6 Å². The van der Waals surface area contributed by atoms with E-state index in [1.807, 2.05) is 34.6 Å². The molecule has 1 amide bonds. The van der Waals surface area contributed by atoms with E-state index in [1.54, 1.807) is 77.9 Å². The topological polar surface area (TPSA) is 199 Å². The van der Waals surface area contributed by atoms with Crippen molar-refractivity contribution >= 4 is 35.8 Å². The molecule has 1 heterocycles. The summed E-state index contributed by atoms with van der Waals surface area (Å²) in [5.41, 5.74) is -5.69. The zero-order chi connectivity index (χ0) is 52.1. The van der Waals surface area contributed by atoms with Gasteiger partial charge in [0.25, 0.3) is 0 Å². The summed E-state index contributed by atoms with van der Waals surface area (Å²) in [6, 6.07) is 8.24. The lowest BCUT2D eigenvalue weighted by molar-refractivity contribution is -0.325. The molecule has 4 fully saturated rings. The number of alkyl carbamates (subject to hydrolysis) is 1. The molecule has 1 saturated heterocycles.